The molecule has 3 aromatic rings. The second kappa shape index (κ2) is 8.80. The van der Waals surface area contributed by atoms with Crippen molar-refractivity contribution < 1.29 is 32.6 Å². The van der Waals surface area contributed by atoms with Crippen LogP contribution in [-0.4, -0.2) is 36.8 Å². The first-order valence-electron chi connectivity index (χ1n) is 9.39. The molecule has 0 heterocycles. The van der Waals surface area contributed by atoms with E-state index >= 15 is 0 Å². The first kappa shape index (κ1) is 23.0. The van der Waals surface area contributed by atoms with Crippen molar-refractivity contribution >= 4 is 33.2 Å². The Morgan fingerprint density at radius 1 is 0.906 bits per heavy atom. The minimum Gasteiger partial charge on any atom is -0.478 e. The van der Waals surface area contributed by atoms with E-state index in [1.807, 2.05) is 0 Å². The Morgan fingerprint density at radius 2 is 1.53 bits per heavy atom. The lowest BCUT2D eigenvalue weighted by Gasteiger charge is -2.17. The number of carbonyl (C=O) groups is 2. The predicted molar refractivity (Wildman–Crippen MR) is 119 cm³/mol. The zero-order valence-electron chi connectivity index (χ0n) is 17.2. The third kappa shape index (κ3) is 5.30. The Kier molecular flexibility index (Phi) is 6.31. The number of carboxylic acid groups (broad SMARTS) is 2. The Hall–Kier alpha value is -3.72. The van der Waals surface area contributed by atoms with Crippen LogP contribution < -0.4 is 5.32 Å². The molecule has 9 heteroatoms. The van der Waals surface area contributed by atoms with Crippen molar-refractivity contribution in [2.24, 2.45) is 0 Å². The zero-order valence-corrected chi connectivity index (χ0v) is 18.0. The summed E-state index contributed by atoms with van der Waals surface area (Å²) in [7, 11) is -3.36. The smallest absolute Gasteiger partial charge is 0.336 e. The molecule has 0 spiro atoms. The lowest BCUT2D eigenvalue weighted by atomic mass is 9.92. The van der Waals surface area contributed by atoms with E-state index in [-0.39, 0.29) is 22.4 Å². The second-order valence-electron chi connectivity index (χ2n) is 7.40. The van der Waals surface area contributed by atoms with E-state index in [9.17, 15) is 32.6 Å². The fourth-order valence-corrected chi connectivity index (χ4v) is 4.13. The van der Waals surface area contributed by atoms with Crippen molar-refractivity contribution in [3.63, 3.8) is 0 Å². The maximum absolute atomic E-state index is 13.3. The maximum Gasteiger partial charge on any atom is 0.336 e. The fourth-order valence-electron chi connectivity index (χ4n) is 3.34. The molecule has 0 bridgehead atoms. The maximum atomic E-state index is 13.3. The standard InChI is InChI=1S/C23H20FNO6S/c1-13-9-18(20(23(28)29)11-17(13)22(26)27)19-10-14(12-32(2,30)31)3-8-21(19)25-16-6-4-15(24)5-7-16/h3-11,25H,12H2,1-2H3,(H,26,27)(H,28,29). The molecule has 0 aliphatic rings. The fraction of sp³-hybridized carbons (Fsp3) is 0.130. The highest BCUT2D eigenvalue weighted by Crippen LogP contribution is 2.36. The van der Waals surface area contributed by atoms with E-state index in [0.717, 1.165) is 12.3 Å². The molecule has 0 aromatic heterocycles. The van der Waals surface area contributed by atoms with Crippen LogP contribution >= 0.6 is 0 Å². The number of halogens is 1. The van der Waals surface area contributed by atoms with Crippen molar-refractivity contribution in [2.75, 3.05) is 11.6 Å². The van der Waals surface area contributed by atoms with E-state index in [2.05, 4.69) is 5.32 Å². The summed E-state index contributed by atoms with van der Waals surface area (Å²) in [6.45, 7) is 1.55. The van der Waals surface area contributed by atoms with Crippen LogP contribution in [0.4, 0.5) is 15.8 Å². The van der Waals surface area contributed by atoms with Gasteiger partial charge in [-0.15, -0.1) is 0 Å². The van der Waals surface area contributed by atoms with Crippen molar-refractivity contribution in [3.05, 3.63) is 82.7 Å². The first-order chi connectivity index (χ1) is 14.9. The SMILES string of the molecule is Cc1cc(-c2cc(CS(C)(=O)=O)ccc2Nc2ccc(F)cc2)c(C(=O)O)cc1C(=O)O. The largest absolute Gasteiger partial charge is 0.478 e. The highest BCUT2D eigenvalue weighted by molar-refractivity contribution is 7.89. The number of hydrogen-bond acceptors (Lipinski definition) is 5. The molecule has 32 heavy (non-hydrogen) atoms. The van der Waals surface area contributed by atoms with Gasteiger partial charge >= 0.3 is 11.9 Å². The van der Waals surface area contributed by atoms with Gasteiger partial charge in [-0.25, -0.2) is 22.4 Å². The Labute approximate surface area is 184 Å². The van der Waals surface area contributed by atoms with Gasteiger partial charge in [0.05, 0.1) is 16.9 Å². The Morgan fingerprint density at radius 3 is 2.09 bits per heavy atom. The molecule has 0 aliphatic carbocycles. The van der Waals surface area contributed by atoms with Crippen LogP contribution in [0.3, 0.4) is 0 Å². The third-order valence-corrected chi connectivity index (χ3v) is 5.61. The number of anilines is 2. The molecule has 0 aliphatic heterocycles. The number of rotatable bonds is 7. The monoisotopic (exact) mass is 457 g/mol. The van der Waals surface area contributed by atoms with Crippen LogP contribution in [0.5, 0.6) is 0 Å². The third-order valence-electron chi connectivity index (χ3n) is 4.75. The molecular formula is C23H20FNO6S. The molecule has 3 aromatic carbocycles. The number of aryl methyl sites for hydroxylation is 1. The summed E-state index contributed by atoms with van der Waals surface area (Å²) in [4.78, 5) is 23.4. The number of nitrogens with one attached hydrogen (secondary N) is 1. The predicted octanol–water partition coefficient (Wildman–Crippen LogP) is 4.49. The molecule has 0 radical (unpaired) electrons. The number of carboxylic acids is 2. The summed E-state index contributed by atoms with van der Waals surface area (Å²) in [6, 6.07) is 12.8. The minimum absolute atomic E-state index is 0.147. The number of benzene rings is 3. The van der Waals surface area contributed by atoms with E-state index in [1.165, 1.54) is 30.3 Å². The number of sulfone groups is 1. The quantitative estimate of drug-likeness (QED) is 0.478. The van der Waals surface area contributed by atoms with Gasteiger partial charge < -0.3 is 15.5 Å². The normalized spacial score (nSPS) is 11.2. The van der Waals surface area contributed by atoms with Gasteiger partial charge in [0.25, 0.3) is 0 Å². The Bertz CT molecular complexity index is 1320. The van der Waals surface area contributed by atoms with Gasteiger partial charge in [0.1, 0.15) is 5.82 Å². The van der Waals surface area contributed by atoms with Gasteiger partial charge in [0.2, 0.25) is 0 Å². The van der Waals surface area contributed by atoms with Crippen LogP contribution in [-0.2, 0) is 15.6 Å². The molecule has 0 fully saturated rings. The summed E-state index contributed by atoms with van der Waals surface area (Å²) in [5.74, 6) is -3.27. The van der Waals surface area contributed by atoms with Crippen LogP contribution in [0.2, 0.25) is 0 Å². The summed E-state index contributed by atoms with van der Waals surface area (Å²) < 4.78 is 36.9. The first-order valence-corrected chi connectivity index (χ1v) is 11.5. The van der Waals surface area contributed by atoms with Gasteiger partial charge in [0.15, 0.2) is 9.84 Å². The summed E-state index contributed by atoms with van der Waals surface area (Å²) >= 11 is 0. The van der Waals surface area contributed by atoms with Gasteiger partial charge in [-0.3, -0.25) is 0 Å². The van der Waals surface area contributed by atoms with E-state index < -0.39 is 27.6 Å². The second-order valence-corrected chi connectivity index (χ2v) is 9.55. The van der Waals surface area contributed by atoms with Crippen LogP contribution in [0, 0.1) is 12.7 Å². The molecule has 3 N–H and O–H groups in total. The van der Waals surface area contributed by atoms with Crippen LogP contribution in [0.25, 0.3) is 11.1 Å². The molecule has 3 rings (SSSR count). The molecule has 0 saturated heterocycles. The average Bonchev–Trinajstić information content (AvgIpc) is 2.69. The van der Waals surface area contributed by atoms with E-state index in [0.29, 0.717) is 28.1 Å². The molecule has 0 saturated carbocycles. The van der Waals surface area contributed by atoms with Crippen molar-refractivity contribution in [3.8, 4) is 11.1 Å². The van der Waals surface area contributed by atoms with Gasteiger partial charge in [-0.1, -0.05) is 6.07 Å². The summed E-state index contributed by atoms with van der Waals surface area (Å²) in [6.07, 6.45) is 1.09. The summed E-state index contributed by atoms with van der Waals surface area (Å²) in [5, 5.41) is 22.2. The molecular weight excluding hydrogens is 437 g/mol. The highest BCUT2D eigenvalue weighted by atomic mass is 32.2. The van der Waals surface area contributed by atoms with Gasteiger partial charge in [-0.2, -0.15) is 0 Å². The van der Waals surface area contributed by atoms with Gasteiger partial charge in [0, 0.05) is 23.2 Å². The lowest BCUT2D eigenvalue weighted by Crippen LogP contribution is -2.08. The molecule has 0 atom stereocenters. The van der Waals surface area contributed by atoms with Crippen LogP contribution in [0.15, 0.2) is 54.6 Å². The Balaban J connectivity index is 2.24. The highest BCUT2D eigenvalue weighted by Gasteiger charge is 2.21. The molecule has 0 amide bonds. The lowest BCUT2D eigenvalue weighted by molar-refractivity contribution is 0.0695. The summed E-state index contributed by atoms with van der Waals surface area (Å²) in [5.41, 5.74) is 1.95. The molecule has 7 nitrogen and oxygen atoms in total. The number of hydrogen-bond donors (Lipinski definition) is 3. The van der Waals surface area contributed by atoms with Crippen molar-refractivity contribution in [2.45, 2.75) is 12.7 Å². The topological polar surface area (TPSA) is 121 Å². The van der Waals surface area contributed by atoms with E-state index in [1.54, 1.807) is 25.1 Å². The average molecular weight is 457 g/mol. The molecule has 0 unspecified atom stereocenters. The van der Waals surface area contributed by atoms with Crippen molar-refractivity contribution in [1.82, 2.24) is 0 Å². The van der Waals surface area contributed by atoms with Crippen molar-refractivity contribution in [1.29, 1.82) is 0 Å². The van der Waals surface area contributed by atoms with E-state index in [4.69, 9.17) is 0 Å². The van der Waals surface area contributed by atoms with Gasteiger partial charge in [-0.05, 0) is 72.1 Å². The minimum atomic E-state index is -3.36. The number of aromatic carboxylic acids is 2. The van der Waals surface area contributed by atoms with Crippen LogP contribution in [0.1, 0.15) is 31.8 Å². The molecule has 166 valence electrons. The zero-order chi connectivity index (χ0) is 23.6.